The molecule has 3 aromatic rings. The van der Waals surface area contributed by atoms with Gasteiger partial charge in [-0.15, -0.1) is 4.73 Å². The number of pyridine rings is 1. The zero-order chi connectivity index (χ0) is 21.0. The molecule has 3 rings (SSSR count). The topological polar surface area (TPSA) is 86.3 Å². The number of alkyl halides is 3. The average molecular weight is 405 g/mol. The molecule has 0 aliphatic heterocycles. The van der Waals surface area contributed by atoms with Gasteiger partial charge in [0, 0.05) is 17.8 Å². The molecule has 152 valence electrons. The smallest absolute Gasteiger partial charge is 0.385 e. The number of nitrogens with zero attached hydrogens (tertiary/aromatic N) is 1. The van der Waals surface area contributed by atoms with Gasteiger partial charge in [0.25, 0.3) is 5.56 Å². The average Bonchev–Trinajstić information content (AvgIpc) is 2.70. The van der Waals surface area contributed by atoms with Gasteiger partial charge in [0.05, 0.1) is 11.1 Å². The Labute approximate surface area is 163 Å². The van der Waals surface area contributed by atoms with Crippen LogP contribution in [-0.2, 0) is 4.79 Å². The molecule has 0 saturated heterocycles. The summed E-state index contributed by atoms with van der Waals surface area (Å²) in [7, 11) is 0. The number of nitrogens with two attached hydrogens (primary N) is 1. The molecule has 1 heterocycles. The first-order valence-electron chi connectivity index (χ1n) is 8.80. The molecule has 6 nitrogen and oxygen atoms in total. The first-order chi connectivity index (χ1) is 13.8. The Morgan fingerprint density at radius 1 is 1.10 bits per heavy atom. The number of hydrogen-bond donors (Lipinski definition) is 2. The largest absolute Gasteiger partial charge is 0.493 e. The van der Waals surface area contributed by atoms with Gasteiger partial charge in [0.1, 0.15) is 0 Å². The van der Waals surface area contributed by atoms with E-state index in [9.17, 15) is 22.8 Å². The van der Waals surface area contributed by atoms with Crippen LogP contribution >= 0.6 is 0 Å². The number of anilines is 1. The molecule has 1 aromatic heterocycles. The molecule has 0 atom stereocenters. The minimum absolute atomic E-state index is 0.0320. The number of carbonyl (C=O) groups is 1. The van der Waals surface area contributed by atoms with E-state index in [-0.39, 0.29) is 11.1 Å². The van der Waals surface area contributed by atoms with Crippen molar-refractivity contribution in [3.8, 4) is 11.3 Å². The van der Waals surface area contributed by atoms with Crippen molar-refractivity contribution in [1.82, 2.24) is 4.73 Å². The number of rotatable bonds is 6. The molecule has 0 unspecified atom stereocenters. The van der Waals surface area contributed by atoms with Crippen molar-refractivity contribution in [2.24, 2.45) is 5.73 Å². The van der Waals surface area contributed by atoms with Gasteiger partial charge in [0.2, 0.25) is 0 Å². The molecule has 3 N–H and O–H groups in total. The number of fused-ring (bicyclic) bond motifs is 1. The van der Waals surface area contributed by atoms with Crippen LogP contribution in [0.5, 0.6) is 0 Å². The molecular formula is C20H18F3N3O3. The molecule has 0 radical (unpaired) electrons. The van der Waals surface area contributed by atoms with E-state index in [2.05, 4.69) is 10.2 Å². The summed E-state index contributed by atoms with van der Waals surface area (Å²) in [6, 6.07) is 14.6. The van der Waals surface area contributed by atoms with Crippen LogP contribution in [0.4, 0.5) is 18.9 Å². The standard InChI is InChI=1S/C20H18F3N3O3/c21-20(22,23)19(28)29-26-17(13-5-2-1-3-6-13)11-14-7-8-15(25-10-4-9-24)12-16(14)18(26)27/h1-3,5-8,11-12,25H,4,9-10,24H2. The molecule has 0 aliphatic rings. The van der Waals surface area contributed by atoms with Gasteiger partial charge in [0.15, 0.2) is 0 Å². The maximum Gasteiger partial charge on any atom is 0.493 e. The normalized spacial score (nSPS) is 11.4. The lowest BCUT2D eigenvalue weighted by molar-refractivity contribution is -0.200. The highest BCUT2D eigenvalue weighted by molar-refractivity contribution is 5.88. The lowest BCUT2D eigenvalue weighted by Crippen LogP contribution is -2.39. The minimum Gasteiger partial charge on any atom is -0.385 e. The van der Waals surface area contributed by atoms with Crippen LogP contribution in [0.1, 0.15) is 6.42 Å². The van der Waals surface area contributed by atoms with E-state index in [0.29, 0.717) is 40.9 Å². The van der Waals surface area contributed by atoms with E-state index in [1.54, 1.807) is 42.5 Å². The maximum atomic E-state index is 12.9. The van der Waals surface area contributed by atoms with Crippen LogP contribution in [0.25, 0.3) is 22.0 Å². The van der Waals surface area contributed by atoms with E-state index in [1.165, 1.54) is 12.1 Å². The Morgan fingerprint density at radius 3 is 2.48 bits per heavy atom. The fourth-order valence-electron chi connectivity index (χ4n) is 2.77. The maximum absolute atomic E-state index is 12.9. The summed E-state index contributed by atoms with van der Waals surface area (Å²) in [6.45, 7) is 1.06. The third-order valence-corrected chi connectivity index (χ3v) is 4.16. The minimum atomic E-state index is -5.24. The lowest BCUT2D eigenvalue weighted by atomic mass is 10.1. The number of benzene rings is 2. The summed E-state index contributed by atoms with van der Waals surface area (Å²) in [6.07, 6.45) is -4.54. The van der Waals surface area contributed by atoms with Crippen LogP contribution in [0, 0.1) is 0 Å². The van der Waals surface area contributed by atoms with Gasteiger partial charge in [-0.3, -0.25) is 4.79 Å². The highest BCUT2D eigenvalue weighted by Gasteiger charge is 2.42. The van der Waals surface area contributed by atoms with E-state index in [0.717, 1.165) is 0 Å². The molecule has 0 saturated carbocycles. The molecule has 0 amide bonds. The molecule has 0 bridgehead atoms. The number of carbonyl (C=O) groups excluding carboxylic acids is 1. The highest BCUT2D eigenvalue weighted by Crippen LogP contribution is 2.24. The number of nitrogens with one attached hydrogen (secondary N) is 1. The van der Waals surface area contributed by atoms with Crippen molar-refractivity contribution in [1.29, 1.82) is 0 Å². The van der Waals surface area contributed by atoms with Crippen molar-refractivity contribution in [3.05, 3.63) is 65.0 Å². The van der Waals surface area contributed by atoms with E-state index >= 15 is 0 Å². The molecule has 2 aromatic carbocycles. The van der Waals surface area contributed by atoms with Crippen LogP contribution in [0.15, 0.2) is 59.4 Å². The Kier molecular flexibility index (Phi) is 5.88. The van der Waals surface area contributed by atoms with Gasteiger partial charge in [-0.05, 0) is 36.6 Å². The summed E-state index contributed by atoms with van der Waals surface area (Å²) < 4.78 is 38.6. The van der Waals surface area contributed by atoms with Crippen molar-refractivity contribution in [3.63, 3.8) is 0 Å². The van der Waals surface area contributed by atoms with Gasteiger partial charge in [-0.1, -0.05) is 36.4 Å². The Balaban J connectivity index is 2.15. The monoisotopic (exact) mass is 405 g/mol. The molecule has 0 fully saturated rings. The van der Waals surface area contributed by atoms with Crippen LogP contribution in [-0.4, -0.2) is 30.0 Å². The summed E-state index contributed by atoms with van der Waals surface area (Å²) in [5, 5.41) is 3.69. The third-order valence-electron chi connectivity index (χ3n) is 4.16. The SMILES string of the molecule is NCCCNc1ccc2cc(-c3ccccc3)n(OC(=O)C(F)(F)F)c(=O)c2c1. The van der Waals surface area contributed by atoms with Crippen molar-refractivity contribution in [2.45, 2.75) is 12.6 Å². The molecule has 0 spiro atoms. The fraction of sp³-hybridized carbons (Fsp3) is 0.200. The molecule has 0 aliphatic carbocycles. The second kappa shape index (κ2) is 8.36. The van der Waals surface area contributed by atoms with Crippen LogP contribution in [0.3, 0.4) is 0 Å². The summed E-state index contributed by atoms with van der Waals surface area (Å²) >= 11 is 0. The van der Waals surface area contributed by atoms with Crippen molar-refractivity contribution < 1.29 is 22.8 Å². The summed E-state index contributed by atoms with van der Waals surface area (Å²) in [5.74, 6) is -2.48. The first kappa shape index (κ1) is 20.4. The number of hydrogen-bond acceptors (Lipinski definition) is 5. The number of halogens is 3. The Hall–Kier alpha value is -3.33. The predicted octanol–water partition coefficient (Wildman–Crippen LogP) is 2.95. The zero-order valence-electron chi connectivity index (χ0n) is 15.2. The van der Waals surface area contributed by atoms with E-state index in [1.807, 2.05) is 0 Å². The number of aromatic nitrogens is 1. The highest BCUT2D eigenvalue weighted by atomic mass is 19.4. The van der Waals surface area contributed by atoms with Crippen molar-refractivity contribution >= 4 is 22.4 Å². The van der Waals surface area contributed by atoms with Gasteiger partial charge < -0.3 is 15.9 Å². The molecule has 29 heavy (non-hydrogen) atoms. The second-order valence-electron chi connectivity index (χ2n) is 6.24. The van der Waals surface area contributed by atoms with Crippen LogP contribution < -0.4 is 21.4 Å². The van der Waals surface area contributed by atoms with Gasteiger partial charge in [-0.2, -0.15) is 13.2 Å². The first-order valence-corrected chi connectivity index (χ1v) is 8.80. The lowest BCUT2D eigenvalue weighted by Gasteiger charge is -2.15. The van der Waals surface area contributed by atoms with E-state index in [4.69, 9.17) is 5.73 Å². The summed E-state index contributed by atoms with van der Waals surface area (Å²) in [5.41, 5.74) is 5.63. The summed E-state index contributed by atoms with van der Waals surface area (Å²) in [4.78, 5) is 28.8. The zero-order valence-corrected chi connectivity index (χ0v) is 15.2. The van der Waals surface area contributed by atoms with E-state index < -0.39 is 17.7 Å². The molecule has 9 heteroatoms. The predicted molar refractivity (Wildman–Crippen MR) is 103 cm³/mol. The van der Waals surface area contributed by atoms with Crippen LogP contribution in [0.2, 0.25) is 0 Å². The third kappa shape index (κ3) is 4.57. The fourth-order valence-corrected chi connectivity index (χ4v) is 2.77. The van der Waals surface area contributed by atoms with Gasteiger partial charge in [-0.25, -0.2) is 4.79 Å². The quantitative estimate of drug-likeness (QED) is 0.616. The van der Waals surface area contributed by atoms with Crippen molar-refractivity contribution in [2.75, 3.05) is 18.4 Å². The second-order valence-corrected chi connectivity index (χ2v) is 6.24. The Morgan fingerprint density at radius 2 is 1.83 bits per heavy atom. The molecular weight excluding hydrogens is 387 g/mol. The van der Waals surface area contributed by atoms with Gasteiger partial charge >= 0.3 is 12.1 Å². The Bertz CT molecular complexity index is 1080.